The number of nitrogens with zero attached hydrogens (tertiary/aromatic N) is 1. The van der Waals surface area contributed by atoms with E-state index in [1.165, 1.54) is 0 Å². The summed E-state index contributed by atoms with van der Waals surface area (Å²) in [5.74, 6) is 0.601. The highest BCUT2D eigenvalue weighted by Crippen LogP contribution is 2.25. The van der Waals surface area contributed by atoms with Gasteiger partial charge in [0.2, 0.25) is 0 Å². The van der Waals surface area contributed by atoms with E-state index in [2.05, 4.69) is 15.6 Å². The van der Waals surface area contributed by atoms with Gasteiger partial charge in [-0.05, 0) is 47.5 Å². The molecule has 0 saturated carbocycles. The summed E-state index contributed by atoms with van der Waals surface area (Å²) in [7, 11) is 0. The quantitative estimate of drug-likeness (QED) is 0.589. The van der Waals surface area contributed by atoms with Crippen LogP contribution in [-0.4, -0.2) is 11.0 Å². The second-order valence-corrected chi connectivity index (χ2v) is 6.63. The highest BCUT2D eigenvalue weighted by molar-refractivity contribution is 6.34. The molecule has 2 N–H and O–H groups in total. The molecule has 0 spiro atoms. The van der Waals surface area contributed by atoms with Crippen LogP contribution < -0.4 is 15.4 Å². The first-order chi connectivity index (χ1) is 13.1. The summed E-state index contributed by atoms with van der Waals surface area (Å²) in [5.41, 5.74) is 2.57. The number of hydrogen-bond acceptors (Lipinski definition) is 3. The predicted octanol–water partition coefficient (Wildman–Crippen LogP) is 5.29. The van der Waals surface area contributed by atoms with Crippen molar-refractivity contribution in [2.75, 3.05) is 5.32 Å². The molecule has 0 aliphatic rings. The van der Waals surface area contributed by atoms with E-state index in [9.17, 15) is 4.79 Å². The Morgan fingerprint density at radius 1 is 1.00 bits per heavy atom. The van der Waals surface area contributed by atoms with Gasteiger partial charge in [0.05, 0.1) is 0 Å². The number of ether oxygens (including phenoxy) is 1. The lowest BCUT2D eigenvalue weighted by Crippen LogP contribution is -2.28. The summed E-state index contributed by atoms with van der Waals surface area (Å²) in [6, 6.07) is 15.9. The number of rotatable bonds is 6. The molecule has 0 aliphatic carbocycles. The van der Waals surface area contributed by atoms with E-state index < -0.39 is 0 Å². The Hall–Kier alpha value is -2.76. The van der Waals surface area contributed by atoms with Crippen LogP contribution in [0.15, 0.2) is 67.0 Å². The van der Waals surface area contributed by atoms with E-state index in [0.29, 0.717) is 34.6 Å². The second-order valence-electron chi connectivity index (χ2n) is 5.76. The zero-order chi connectivity index (χ0) is 19.1. The Labute approximate surface area is 167 Å². The topological polar surface area (TPSA) is 63.2 Å². The maximum absolute atomic E-state index is 12.0. The van der Waals surface area contributed by atoms with Crippen molar-refractivity contribution in [1.29, 1.82) is 0 Å². The molecular formula is C20H17Cl2N3O2. The maximum Gasteiger partial charge on any atom is 0.319 e. The Bertz CT molecular complexity index is 883. The molecular weight excluding hydrogens is 385 g/mol. The van der Waals surface area contributed by atoms with Crippen molar-refractivity contribution in [1.82, 2.24) is 10.3 Å². The molecule has 3 aromatic rings. The first-order valence-corrected chi connectivity index (χ1v) is 8.96. The monoisotopic (exact) mass is 401 g/mol. The van der Waals surface area contributed by atoms with Crippen molar-refractivity contribution in [3.63, 3.8) is 0 Å². The first-order valence-electron chi connectivity index (χ1n) is 8.20. The van der Waals surface area contributed by atoms with Crippen LogP contribution in [0.2, 0.25) is 10.0 Å². The van der Waals surface area contributed by atoms with E-state index in [-0.39, 0.29) is 6.03 Å². The number of anilines is 1. The van der Waals surface area contributed by atoms with Gasteiger partial charge in [-0.3, -0.25) is 4.98 Å². The smallest absolute Gasteiger partial charge is 0.319 e. The van der Waals surface area contributed by atoms with E-state index in [0.717, 1.165) is 11.1 Å². The van der Waals surface area contributed by atoms with E-state index in [4.69, 9.17) is 27.9 Å². The molecule has 27 heavy (non-hydrogen) atoms. The minimum absolute atomic E-state index is 0.281. The van der Waals surface area contributed by atoms with Crippen molar-refractivity contribution in [2.45, 2.75) is 13.2 Å². The van der Waals surface area contributed by atoms with E-state index >= 15 is 0 Å². The van der Waals surface area contributed by atoms with Gasteiger partial charge in [0.1, 0.15) is 12.4 Å². The van der Waals surface area contributed by atoms with Crippen molar-refractivity contribution in [3.05, 3.63) is 88.2 Å². The molecule has 0 unspecified atom stereocenters. The van der Waals surface area contributed by atoms with Gasteiger partial charge in [-0.2, -0.15) is 0 Å². The number of amides is 2. The molecule has 0 atom stereocenters. The predicted molar refractivity (Wildman–Crippen MR) is 107 cm³/mol. The average Bonchev–Trinajstić information content (AvgIpc) is 2.66. The van der Waals surface area contributed by atoms with Crippen molar-refractivity contribution < 1.29 is 9.53 Å². The van der Waals surface area contributed by atoms with E-state index in [1.807, 2.05) is 36.4 Å². The lowest BCUT2D eigenvalue weighted by molar-refractivity contribution is 0.251. The minimum Gasteiger partial charge on any atom is -0.489 e. The van der Waals surface area contributed by atoms with Gasteiger partial charge in [0.25, 0.3) is 0 Å². The van der Waals surface area contributed by atoms with Crippen LogP contribution in [0.25, 0.3) is 0 Å². The van der Waals surface area contributed by atoms with Crippen molar-refractivity contribution in [2.24, 2.45) is 0 Å². The van der Waals surface area contributed by atoms with Crippen LogP contribution in [0.5, 0.6) is 5.75 Å². The number of pyridine rings is 1. The Kier molecular flexibility index (Phi) is 6.52. The summed E-state index contributed by atoms with van der Waals surface area (Å²) in [4.78, 5) is 16.0. The molecule has 1 aromatic heterocycles. The molecule has 2 aromatic carbocycles. The fraction of sp³-hybridized carbons (Fsp3) is 0.100. The molecule has 0 saturated heterocycles. The molecule has 3 rings (SSSR count). The van der Waals surface area contributed by atoms with Gasteiger partial charge in [0, 0.05) is 34.7 Å². The number of hydrogen-bond donors (Lipinski definition) is 2. The third kappa shape index (κ3) is 6.16. The largest absolute Gasteiger partial charge is 0.489 e. The van der Waals surface area contributed by atoms with Gasteiger partial charge < -0.3 is 15.4 Å². The van der Waals surface area contributed by atoms with Gasteiger partial charge in [-0.15, -0.1) is 0 Å². The zero-order valence-electron chi connectivity index (χ0n) is 14.3. The van der Waals surface area contributed by atoms with Crippen LogP contribution in [0, 0.1) is 0 Å². The van der Waals surface area contributed by atoms with Crippen LogP contribution in [-0.2, 0) is 13.2 Å². The number of halogens is 2. The third-order valence-electron chi connectivity index (χ3n) is 3.63. The summed E-state index contributed by atoms with van der Waals surface area (Å²) in [6.45, 7) is 0.776. The summed E-state index contributed by atoms with van der Waals surface area (Å²) in [6.07, 6.45) is 3.40. The van der Waals surface area contributed by atoms with Crippen LogP contribution in [0.3, 0.4) is 0 Å². The van der Waals surface area contributed by atoms with Gasteiger partial charge in [0.15, 0.2) is 0 Å². The molecule has 1 heterocycles. The number of carbonyl (C=O) groups excluding carboxylic acids is 1. The summed E-state index contributed by atoms with van der Waals surface area (Å²) < 4.78 is 5.69. The van der Waals surface area contributed by atoms with Crippen molar-refractivity contribution >= 4 is 34.9 Å². The fourth-order valence-electron chi connectivity index (χ4n) is 2.32. The van der Waals surface area contributed by atoms with Gasteiger partial charge in [-0.25, -0.2) is 4.79 Å². The number of carbonyl (C=O) groups is 1. The molecule has 7 heteroatoms. The first kappa shape index (κ1) is 19.0. The van der Waals surface area contributed by atoms with Crippen LogP contribution in [0.1, 0.15) is 11.1 Å². The zero-order valence-corrected chi connectivity index (χ0v) is 15.8. The average molecular weight is 402 g/mol. The molecule has 0 radical (unpaired) electrons. The molecule has 5 nitrogen and oxygen atoms in total. The fourth-order valence-corrected chi connectivity index (χ4v) is 2.83. The normalized spacial score (nSPS) is 10.3. The molecule has 0 fully saturated rings. The van der Waals surface area contributed by atoms with Crippen LogP contribution >= 0.6 is 23.2 Å². The number of urea groups is 1. The van der Waals surface area contributed by atoms with Crippen LogP contribution in [0.4, 0.5) is 10.5 Å². The molecule has 138 valence electrons. The lowest BCUT2D eigenvalue weighted by Gasteiger charge is -2.10. The van der Waals surface area contributed by atoms with Gasteiger partial charge >= 0.3 is 6.03 Å². The lowest BCUT2D eigenvalue weighted by atomic mass is 10.2. The summed E-state index contributed by atoms with van der Waals surface area (Å²) >= 11 is 11.9. The SMILES string of the molecule is O=C(NCc1cccnc1)Nc1ccc(COc2cc(Cl)cc(Cl)c2)cc1. The molecule has 0 aliphatic heterocycles. The third-order valence-corrected chi connectivity index (χ3v) is 4.07. The molecule has 2 amide bonds. The van der Waals surface area contributed by atoms with Crippen molar-refractivity contribution in [3.8, 4) is 5.75 Å². The maximum atomic E-state index is 12.0. The Balaban J connectivity index is 1.48. The Morgan fingerprint density at radius 3 is 2.41 bits per heavy atom. The number of benzene rings is 2. The highest BCUT2D eigenvalue weighted by atomic mass is 35.5. The second kappa shape index (κ2) is 9.26. The van der Waals surface area contributed by atoms with Gasteiger partial charge in [-0.1, -0.05) is 41.4 Å². The standard InChI is InChI=1S/C20H17Cl2N3O2/c21-16-8-17(22)10-19(9-16)27-13-14-3-5-18(6-4-14)25-20(26)24-12-15-2-1-7-23-11-15/h1-11H,12-13H2,(H2,24,25,26). The summed E-state index contributed by atoms with van der Waals surface area (Å²) in [5, 5.41) is 6.61. The molecule has 0 bridgehead atoms. The van der Waals surface area contributed by atoms with E-state index in [1.54, 1.807) is 30.6 Å². The Morgan fingerprint density at radius 2 is 1.74 bits per heavy atom. The minimum atomic E-state index is -0.281. The number of nitrogens with one attached hydrogen (secondary N) is 2. The highest BCUT2D eigenvalue weighted by Gasteiger charge is 2.03. The number of aromatic nitrogens is 1.